The zero-order chi connectivity index (χ0) is 14.5. The Morgan fingerprint density at radius 3 is 2.80 bits per heavy atom. The topological polar surface area (TPSA) is 89.9 Å². The molecule has 0 aromatic carbocycles. The first-order valence-electron chi connectivity index (χ1n) is 7.08. The molecule has 20 heavy (non-hydrogen) atoms. The van der Waals surface area contributed by atoms with Gasteiger partial charge in [0.2, 0.25) is 5.91 Å². The molecular weight excluding hydrogens is 262 g/mol. The molecule has 2 N–H and O–H groups in total. The van der Waals surface area contributed by atoms with Crippen LogP contribution in [0.4, 0.5) is 4.79 Å². The fourth-order valence-electron chi connectivity index (χ4n) is 2.73. The quantitative estimate of drug-likeness (QED) is 0.769. The van der Waals surface area contributed by atoms with Crippen molar-refractivity contribution in [2.45, 2.75) is 25.7 Å². The lowest BCUT2D eigenvalue weighted by atomic mass is 10.0. The summed E-state index contributed by atoms with van der Waals surface area (Å²) in [5.74, 6) is -0.519. The van der Waals surface area contributed by atoms with Gasteiger partial charge < -0.3 is 20.2 Å². The Balaban J connectivity index is 1.81. The lowest BCUT2D eigenvalue weighted by Crippen LogP contribution is -2.43. The number of aliphatic carboxylic acids is 1. The zero-order valence-corrected chi connectivity index (χ0v) is 11.5. The number of carbonyl (C=O) groups excluding carboxylic acids is 2. The lowest BCUT2D eigenvalue weighted by Gasteiger charge is -2.26. The van der Waals surface area contributed by atoms with Crippen LogP contribution in [0.25, 0.3) is 0 Å². The maximum atomic E-state index is 12.3. The van der Waals surface area contributed by atoms with Crippen molar-refractivity contribution in [1.82, 2.24) is 15.1 Å². The predicted octanol–water partition coefficient (Wildman–Crippen LogP) is 0.115. The van der Waals surface area contributed by atoms with Crippen LogP contribution < -0.4 is 5.32 Å². The average molecular weight is 283 g/mol. The summed E-state index contributed by atoms with van der Waals surface area (Å²) < 4.78 is 0. The molecule has 0 aliphatic carbocycles. The number of urea groups is 1. The van der Waals surface area contributed by atoms with E-state index in [9.17, 15) is 14.4 Å². The van der Waals surface area contributed by atoms with Crippen LogP contribution >= 0.6 is 0 Å². The molecule has 2 fully saturated rings. The normalized spacial score (nSPS) is 23.4. The highest BCUT2D eigenvalue weighted by atomic mass is 16.4. The summed E-state index contributed by atoms with van der Waals surface area (Å²) in [7, 11) is 0. The second-order valence-electron chi connectivity index (χ2n) is 5.40. The van der Waals surface area contributed by atoms with Gasteiger partial charge in [0.1, 0.15) is 0 Å². The third kappa shape index (κ3) is 3.85. The van der Waals surface area contributed by atoms with E-state index in [0.717, 1.165) is 6.42 Å². The summed E-state index contributed by atoms with van der Waals surface area (Å²) in [5.41, 5.74) is 0. The van der Waals surface area contributed by atoms with E-state index < -0.39 is 5.97 Å². The molecule has 1 atom stereocenters. The van der Waals surface area contributed by atoms with Crippen molar-refractivity contribution in [3.05, 3.63) is 0 Å². The standard InChI is InChI=1S/C13H21N3O4/c17-11-4-7-15(8-5-14-11)13(20)16-6-3-10(9-16)1-2-12(18)19/h10H,1-9H2,(H,14,17)(H,18,19). The van der Waals surface area contributed by atoms with Crippen molar-refractivity contribution in [1.29, 1.82) is 0 Å². The van der Waals surface area contributed by atoms with Crippen LogP contribution in [0.3, 0.4) is 0 Å². The molecule has 112 valence electrons. The molecule has 0 aromatic rings. The molecule has 2 heterocycles. The van der Waals surface area contributed by atoms with Gasteiger partial charge in [-0.15, -0.1) is 0 Å². The van der Waals surface area contributed by atoms with E-state index in [0.29, 0.717) is 45.6 Å². The first kappa shape index (κ1) is 14.6. The molecule has 2 aliphatic heterocycles. The third-order valence-corrected chi connectivity index (χ3v) is 3.91. The Morgan fingerprint density at radius 1 is 1.25 bits per heavy atom. The first-order chi connectivity index (χ1) is 9.56. The summed E-state index contributed by atoms with van der Waals surface area (Å²) >= 11 is 0. The van der Waals surface area contributed by atoms with Crippen molar-refractivity contribution < 1.29 is 19.5 Å². The summed E-state index contributed by atoms with van der Waals surface area (Å²) in [6, 6.07) is -0.0284. The van der Waals surface area contributed by atoms with Crippen molar-refractivity contribution in [2.24, 2.45) is 5.92 Å². The molecule has 0 bridgehead atoms. The Bertz CT molecular complexity index is 399. The van der Waals surface area contributed by atoms with Gasteiger partial charge in [-0.3, -0.25) is 9.59 Å². The van der Waals surface area contributed by atoms with Gasteiger partial charge in [0.15, 0.2) is 0 Å². The van der Waals surface area contributed by atoms with Crippen molar-refractivity contribution in [2.75, 3.05) is 32.7 Å². The second-order valence-corrected chi connectivity index (χ2v) is 5.40. The molecule has 0 saturated carbocycles. The smallest absolute Gasteiger partial charge is 0.320 e. The monoisotopic (exact) mass is 283 g/mol. The van der Waals surface area contributed by atoms with Crippen LogP contribution in [-0.4, -0.2) is 65.5 Å². The number of hydrogen-bond acceptors (Lipinski definition) is 3. The highest BCUT2D eigenvalue weighted by Gasteiger charge is 2.30. The van der Waals surface area contributed by atoms with Crippen LogP contribution in [0.2, 0.25) is 0 Å². The SMILES string of the molecule is O=C(O)CCC1CCN(C(=O)N2CCNC(=O)CC2)C1. The van der Waals surface area contributed by atoms with Crippen molar-refractivity contribution in [3.63, 3.8) is 0 Å². The van der Waals surface area contributed by atoms with Gasteiger partial charge in [-0.2, -0.15) is 0 Å². The molecule has 2 saturated heterocycles. The summed E-state index contributed by atoms with van der Waals surface area (Å²) in [5, 5.41) is 11.4. The molecule has 1 unspecified atom stereocenters. The first-order valence-corrected chi connectivity index (χ1v) is 7.08. The molecule has 2 aliphatic rings. The minimum absolute atomic E-state index is 0.0129. The molecule has 0 spiro atoms. The maximum Gasteiger partial charge on any atom is 0.320 e. The number of carboxylic acid groups (broad SMARTS) is 1. The van der Waals surface area contributed by atoms with E-state index in [1.165, 1.54) is 0 Å². The summed E-state index contributed by atoms with van der Waals surface area (Å²) in [6.07, 6.45) is 2.00. The van der Waals surface area contributed by atoms with Crippen LogP contribution in [0.15, 0.2) is 0 Å². The summed E-state index contributed by atoms with van der Waals surface area (Å²) in [6.45, 7) is 2.81. The van der Waals surface area contributed by atoms with Crippen molar-refractivity contribution in [3.8, 4) is 0 Å². The van der Waals surface area contributed by atoms with E-state index in [-0.39, 0.29) is 24.3 Å². The number of nitrogens with one attached hydrogen (secondary N) is 1. The molecule has 7 nitrogen and oxygen atoms in total. The molecule has 3 amide bonds. The Kier molecular flexibility index (Phi) is 4.81. The highest BCUT2D eigenvalue weighted by Crippen LogP contribution is 2.22. The molecule has 0 radical (unpaired) electrons. The largest absolute Gasteiger partial charge is 0.481 e. The Morgan fingerprint density at radius 2 is 2.05 bits per heavy atom. The number of hydrogen-bond donors (Lipinski definition) is 2. The fourth-order valence-corrected chi connectivity index (χ4v) is 2.73. The van der Waals surface area contributed by atoms with Gasteiger partial charge in [0.25, 0.3) is 0 Å². The highest BCUT2D eigenvalue weighted by molar-refractivity contribution is 5.79. The van der Waals surface area contributed by atoms with Gasteiger partial charge in [-0.25, -0.2) is 4.79 Å². The maximum absolute atomic E-state index is 12.3. The van der Waals surface area contributed by atoms with Crippen LogP contribution in [-0.2, 0) is 9.59 Å². The van der Waals surface area contributed by atoms with Crippen LogP contribution in [0, 0.1) is 5.92 Å². The van der Waals surface area contributed by atoms with Crippen LogP contribution in [0.1, 0.15) is 25.7 Å². The number of carboxylic acids is 1. The van der Waals surface area contributed by atoms with E-state index in [1.807, 2.05) is 0 Å². The number of amides is 3. The number of carbonyl (C=O) groups is 3. The number of likely N-dealkylation sites (tertiary alicyclic amines) is 1. The molecule has 0 aromatic heterocycles. The van der Waals surface area contributed by atoms with E-state index >= 15 is 0 Å². The molecule has 2 rings (SSSR count). The van der Waals surface area contributed by atoms with E-state index in [2.05, 4.69) is 5.32 Å². The van der Waals surface area contributed by atoms with Crippen molar-refractivity contribution >= 4 is 17.9 Å². The van der Waals surface area contributed by atoms with E-state index in [1.54, 1.807) is 9.80 Å². The minimum Gasteiger partial charge on any atom is -0.481 e. The Labute approximate surface area is 117 Å². The number of rotatable bonds is 3. The predicted molar refractivity (Wildman–Crippen MR) is 71.1 cm³/mol. The van der Waals surface area contributed by atoms with Gasteiger partial charge in [0.05, 0.1) is 0 Å². The van der Waals surface area contributed by atoms with Gasteiger partial charge in [-0.05, 0) is 18.8 Å². The summed E-state index contributed by atoms with van der Waals surface area (Å²) in [4.78, 5) is 37.6. The molecular formula is C13H21N3O4. The third-order valence-electron chi connectivity index (χ3n) is 3.91. The number of nitrogens with zero attached hydrogens (tertiary/aromatic N) is 2. The van der Waals surface area contributed by atoms with Gasteiger partial charge in [0, 0.05) is 45.6 Å². The van der Waals surface area contributed by atoms with Gasteiger partial charge >= 0.3 is 12.0 Å². The average Bonchev–Trinajstić information content (AvgIpc) is 2.78. The van der Waals surface area contributed by atoms with Gasteiger partial charge in [-0.1, -0.05) is 0 Å². The minimum atomic E-state index is -0.785. The lowest BCUT2D eigenvalue weighted by molar-refractivity contribution is -0.137. The second kappa shape index (κ2) is 6.58. The van der Waals surface area contributed by atoms with E-state index in [4.69, 9.17) is 5.11 Å². The van der Waals surface area contributed by atoms with Crippen LogP contribution in [0.5, 0.6) is 0 Å². The molecule has 7 heteroatoms. The fraction of sp³-hybridized carbons (Fsp3) is 0.769. The Hall–Kier alpha value is -1.79. The zero-order valence-electron chi connectivity index (χ0n) is 11.5.